The first kappa shape index (κ1) is 18.6. The van der Waals surface area contributed by atoms with Gasteiger partial charge in [0.15, 0.2) is 0 Å². The van der Waals surface area contributed by atoms with Crippen LogP contribution >= 0.6 is 11.6 Å². The van der Waals surface area contributed by atoms with Crippen molar-refractivity contribution in [3.63, 3.8) is 0 Å². The molecule has 0 atom stereocenters. The minimum Gasteiger partial charge on any atom is -0.434 e. The summed E-state index contributed by atoms with van der Waals surface area (Å²) in [5, 5.41) is 15.1. The molecule has 3 aromatic rings. The lowest BCUT2D eigenvalue weighted by Gasteiger charge is -2.10. The second-order valence-corrected chi connectivity index (χ2v) is 6.08. The molecule has 0 aliphatic rings. The zero-order valence-electron chi connectivity index (χ0n) is 14.6. The number of hydrogen-bond donors (Lipinski definition) is 1. The highest BCUT2D eigenvalue weighted by atomic mass is 35.5. The van der Waals surface area contributed by atoms with Crippen molar-refractivity contribution < 1.29 is 9.66 Å². The Balaban J connectivity index is 1.85. The van der Waals surface area contributed by atoms with E-state index in [9.17, 15) is 10.1 Å². The van der Waals surface area contributed by atoms with Gasteiger partial charge < -0.3 is 10.1 Å². The fraction of sp³-hybridized carbons (Fsp3) is 0.158. The van der Waals surface area contributed by atoms with E-state index < -0.39 is 4.92 Å². The molecule has 0 spiro atoms. The van der Waals surface area contributed by atoms with E-state index in [4.69, 9.17) is 16.3 Å². The largest absolute Gasteiger partial charge is 0.434 e. The maximum absolute atomic E-state index is 11.6. The second-order valence-electron chi connectivity index (χ2n) is 5.68. The summed E-state index contributed by atoms with van der Waals surface area (Å²) in [5.74, 6) is 0.405. The van der Waals surface area contributed by atoms with Crippen LogP contribution in [0.4, 0.5) is 11.5 Å². The first-order chi connectivity index (χ1) is 13.1. The summed E-state index contributed by atoms with van der Waals surface area (Å²) in [6, 6.07) is 14.5. The van der Waals surface area contributed by atoms with Crippen molar-refractivity contribution in [2.45, 2.75) is 19.9 Å². The van der Waals surface area contributed by atoms with Gasteiger partial charge in [-0.05, 0) is 35.7 Å². The van der Waals surface area contributed by atoms with E-state index >= 15 is 0 Å². The third-order valence-electron chi connectivity index (χ3n) is 3.92. The van der Waals surface area contributed by atoms with Crippen LogP contribution in [0.5, 0.6) is 11.6 Å². The Bertz CT molecular complexity index is 948. The topological polar surface area (TPSA) is 90.2 Å². The monoisotopic (exact) mass is 384 g/mol. The molecule has 3 rings (SSSR count). The lowest BCUT2D eigenvalue weighted by Crippen LogP contribution is -2.07. The zero-order valence-corrected chi connectivity index (χ0v) is 15.3. The summed E-state index contributed by atoms with van der Waals surface area (Å²) in [6.07, 6.45) is 2.11. The Morgan fingerprint density at radius 1 is 1.15 bits per heavy atom. The number of benzene rings is 2. The van der Waals surface area contributed by atoms with Gasteiger partial charge in [0.25, 0.3) is 0 Å². The summed E-state index contributed by atoms with van der Waals surface area (Å²) in [7, 11) is 0. The highest BCUT2D eigenvalue weighted by Crippen LogP contribution is 2.34. The Kier molecular flexibility index (Phi) is 5.83. The molecule has 138 valence electrons. The number of nitrogens with zero attached hydrogens (tertiary/aromatic N) is 3. The Labute approximate surface area is 161 Å². The fourth-order valence-corrected chi connectivity index (χ4v) is 2.66. The van der Waals surface area contributed by atoms with E-state index in [0.717, 1.165) is 17.5 Å². The highest BCUT2D eigenvalue weighted by Gasteiger charge is 2.25. The van der Waals surface area contributed by atoms with Crippen molar-refractivity contribution in [3.05, 3.63) is 81.1 Å². The smallest absolute Gasteiger partial charge is 0.373 e. The molecule has 0 aliphatic heterocycles. The van der Waals surface area contributed by atoms with Crippen LogP contribution in [-0.4, -0.2) is 14.9 Å². The molecule has 1 aromatic heterocycles. The molecule has 0 bridgehead atoms. The number of nitro groups is 1. The lowest BCUT2D eigenvalue weighted by atomic mass is 10.2. The van der Waals surface area contributed by atoms with Gasteiger partial charge in [0, 0.05) is 11.6 Å². The van der Waals surface area contributed by atoms with Gasteiger partial charge in [-0.2, -0.15) is 4.98 Å². The van der Waals surface area contributed by atoms with Crippen LogP contribution in [0.1, 0.15) is 18.1 Å². The standard InChI is InChI=1S/C19H17ClN4O3/c1-2-13-7-9-15(10-8-13)27-19-17(24(25)26)18(22-12-23-19)21-11-14-5-3-4-6-16(14)20/h3-10,12H,2,11H2,1H3,(H,21,22,23). The van der Waals surface area contributed by atoms with Gasteiger partial charge in [0.05, 0.1) is 4.92 Å². The first-order valence-electron chi connectivity index (χ1n) is 8.32. The molecule has 27 heavy (non-hydrogen) atoms. The molecule has 0 fully saturated rings. The van der Waals surface area contributed by atoms with Crippen molar-refractivity contribution in [2.75, 3.05) is 5.32 Å². The van der Waals surface area contributed by atoms with Gasteiger partial charge in [-0.3, -0.25) is 10.1 Å². The van der Waals surface area contributed by atoms with Crippen molar-refractivity contribution in [3.8, 4) is 11.6 Å². The molecule has 0 saturated heterocycles. The van der Waals surface area contributed by atoms with Crippen LogP contribution < -0.4 is 10.1 Å². The molecule has 0 aliphatic carbocycles. The van der Waals surface area contributed by atoms with E-state index in [-0.39, 0.29) is 23.9 Å². The molecule has 8 heteroatoms. The summed E-state index contributed by atoms with van der Waals surface area (Å²) < 4.78 is 5.63. The Morgan fingerprint density at radius 3 is 2.56 bits per heavy atom. The zero-order chi connectivity index (χ0) is 19.2. The number of nitrogens with one attached hydrogen (secondary N) is 1. The molecule has 0 unspecified atom stereocenters. The van der Waals surface area contributed by atoms with Crippen LogP contribution in [0.2, 0.25) is 5.02 Å². The number of aryl methyl sites for hydroxylation is 1. The number of anilines is 1. The predicted octanol–water partition coefficient (Wildman–Crippen LogP) is 5.01. The lowest BCUT2D eigenvalue weighted by molar-refractivity contribution is -0.385. The van der Waals surface area contributed by atoms with Crippen molar-refractivity contribution in [2.24, 2.45) is 0 Å². The van der Waals surface area contributed by atoms with Gasteiger partial charge in [-0.1, -0.05) is 48.9 Å². The molecule has 7 nitrogen and oxygen atoms in total. The summed E-state index contributed by atoms with van der Waals surface area (Å²) in [5.41, 5.74) is 1.61. The Hall–Kier alpha value is -3.19. The quantitative estimate of drug-likeness (QED) is 0.455. The molecular weight excluding hydrogens is 368 g/mol. The van der Waals surface area contributed by atoms with E-state index in [2.05, 4.69) is 15.3 Å². The fourth-order valence-electron chi connectivity index (χ4n) is 2.46. The van der Waals surface area contributed by atoms with E-state index in [1.54, 1.807) is 18.2 Å². The maximum Gasteiger partial charge on any atom is 0.373 e. The molecule has 1 N–H and O–H groups in total. The molecule has 0 amide bonds. The average molecular weight is 385 g/mol. The van der Waals surface area contributed by atoms with Crippen molar-refractivity contribution >= 4 is 23.1 Å². The van der Waals surface area contributed by atoms with Gasteiger partial charge >= 0.3 is 11.6 Å². The molecule has 0 saturated carbocycles. The van der Waals surface area contributed by atoms with Gasteiger partial charge in [0.2, 0.25) is 5.82 Å². The first-order valence-corrected chi connectivity index (χ1v) is 8.69. The van der Waals surface area contributed by atoms with Gasteiger partial charge in [-0.15, -0.1) is 0 Å². The van der Waals surface area contributed by atoms with Gasteiger partial charge in [0.1, 0.15) is 12.1 Å². The number of ether oxygens (including phenoxy) is 1. The molecule has 1 heterocycles. The maximum atomic E-state index is 11.6. The normalized spacial score (nSPS) is 10.4. The highest BCUT2D eigenvalue weighted by molar-refractivity contribution is 6.31. The van der Waals surface area contributed by atoms with E-state index in [1.165, 1.54) is 6.33 Å². The van der Waals surface area contributed by atoms with Crippen LogP contribution in [0.25, 0.3) is 0 Å². The predicted molar refractivity (Wildman–Crippen MR) is 103 cm³/mol. The number of rotatable bonds is 7. The number of aromatic nitrogens is 2. The SMILES string of the molecule is CCc1ccc(Oc2ncnc(NCc3ccccc3Cl)c2[N+](=O)[O-])cc1. The summed E-state index contributed by atoms with van der Waals surface area (Å²) in [4.78, 5) is 18.9. The van der Waals surface area contributed by atoms with Crippen LogP contribution in [0.3, 0.4) is 0 Å². The van der Waals surface area contributed by atoms with Crippen molar-refractivity contribution in [1.82, 2.24) is 9.97 Å². The van der Waals surface area contributed by atoms with Crippen molar-refractivity contribution in [1.29, 1.82) is 0 Å². The Morgan fingerprint density at radius 2 is 1.89 bits per heavy atom. The molecule has 0 radical (unpaired) electrons. The minimum absolute atomic E-state index is 0.0649. The van der Waals surface area contributed by atoms with Crippen LogP contribution in [0, 0.1) is 10.1 Å². The summed E-state index contributed by atoms with van der Waals surface area (Å²) >= 11 is 6.12. The average Bonchev–Trinajstić information content (AvgIpc) is 2.68. The third kappa shape index (κ3) is 4.51. The van der Waals surface area contributed by atoms with E-state index in [0.29, 0.717) is 10.8 Å². The van der Waals surface area contributed by atoms with Gasteiger partial charge in [-0.25, -0.2) is 4.98 Å². The third-order valence-corrected chi connectivity index (χ3v) is 4.29. The van der Waals surface area contributed by atoms with E-state index in [1.807, 2.05) is 37.3 Å². The van der Waals surface area contributed by atoms with Crippen LogP contribution in [0.15, 0.2) is 54.9 Å². The number of halogens is 1. The molecular formula is C19H17ClN4O3. The second kappa shape index (κ2) is 8.46. The minimum atomic E-state index is -0.565. The summed E-state index contributed by atoms with van der Waals surface area (Å²) in [6.45, 7) is 2.32. The molecule has 2 aromatic carbocycles. The van der Waals surface area contributed by atoms with Crippen LogP contribution in [-0.2, 0) is 13.0 Å². The number of hydrogen-bond acceptors (Lipinski definition) is 6.